The number of quaternary nitrogens is 1. The smallest absolute Gasteiger partial charge is 0.225 e. The highest BCUT2D eigenvalue weighted by Gasteiger charge is 2.17. The van der Waals surface area contributed by atoms with Gasteiger partial charge in [-0.15, -0.1) is 0 Å². The van der Waals surface area contributed by atoms with Gasteiger partial charge in [-0.3, -0.25) is 4.79 Å². The van der Waals surface area contributed by atoms with Gasteiger partial charge in [0.2, 0.25) is 5.91 Å². The molecule has 0 heterocycles. The Morgan fingerprint density at radius 1 is 1.36 bits per heavy atom. The Bertz CT molecular complexity index is 184. The molecule has 0 aromatic rings. The zero-order valence-electron chi connectivity index (χ0n) is 10.5. The third-order valence-electron chi connectivity index (χ3n) is 2.52. The van der Waals surface area contributed by atoms with Gasteiger partial charge in [-0.2, -0.15) is 0 Å². The predicted octanol–water partition coefficient (Wildman–Crippen LogP) is 1.20. The summed E-state index contributed by atoms with van der Waals surface area (Å²) in [6.07, 6.45) is 0.924. The van der Waals surface area contributed by atoms with Crippen LogP contribution in [0.25, 0.3) is 0 Å². The Hall–Kier alpha value is -0.570. The minimum atomic E-state index is 0.160. The third kappa shape index (κ3) is 5.22. The average Bonchev–Trinajstić information content (AvgIpc) is 2.10. The molecule has 0 aromatic carbocycles. The first kappa shape index (κ1) is 13.4. The number of carbonyl (C=O) groups is 1. The summed E-state index contributed by atoms with van der Waals surface area (Å²) < 4.78 is 0.901. The zero-order chi connectivity index (χ0) is 11.4. The summed E-state index contributed by atoms with van der Waals surface area (Å²) in [5.74, 6) is 0.424. The first-order valence-corrected chi connectivity index (χ1v) is 5.33. The van der Waals surface area contributed by atoms with Crippen LogP contribution in [0.3, 0.4) is 0 Å². The van der Waals surface area contributed by atoms with Gasteiger partial charge in [0, 0.05) is 13.0 Å². The molecule has 1 amide bonds. The topological polar surface area (TPSA) is 20.3 Å². The van der Waals surface area contributed by atoms with E-state index in [1.165, 1.54) is 0 Å². The summed E-state index contributed by atoms with van der Waals surface area (Å²) >= 11 is 0. The van der Waals surface area contributed by atoms with Crippen molar-refractivity contribution in [3.63, 3.8) is 0 Å². The van der Waals surface area contributed by atoms with Gasteiger partial charge in [0.1, 0.15) is 0 Å². The van der Waals surface area contributed by atoms with E-state index in [9.17, 15) is 4.79 Å². The van der Waals surface area contributed by atoms with Crippen molar-refractivity contribution in [2.45, 2.75) is 20.3 Å². The number of amides is 1. The molecule has 84 valence electrons. The van der Waals surface area contributed by atoms with Crippen molar-refractivity contribution in [2.24, 2.45) is 5.92 Å². The molecular formula is C11H25N2O+. The van der Waals surface area contributed by atoms with Gasteiger partial charge >= 0.3 is 0 Å². The number of hydrogen-bond acceptors (Lipinski definition) is 1. The third-order valence-corrected chi connectivity index (χ3v) is 2.52. The first-order chi connectivity index (χ1) is 6.28. The highest BCUT2D eigenvalue weighted by molar-refractivity contribution is 5.78. The SMILES string of the molecule is CCC(C)C(=O)N(C)CC[N+](C)(C)C. The summed E-state index contributed by atoms with van der Waals surface area (Å²) in [6, 6.07) is 0. The molecule has 0 radical (unpaired) electrons. The quantitative estimate of drug-likeness (QED) is 0.612. The number of nitrogens with zero attached hydrogens (tertiary/aromatic N) is 2. The maximum absolute atomic E-state index is 11.7. The molecule has 1 unspecified atom stereocenters. The molecule has 0 rings (SSSR count). The Labute approximate surface area is 88.3 Å². The van der Waals surface area contributed by atoms with E-state index in [0.29, 0.717) is 0 Å². The fraction of sp³-hybridized carbons (Fsp3) is 0.909. The summed E-state index contributed by atoms with van der Waals surface area (Å²) in [6.45, 7) is 5.88. The molecule has 0 N–H and O–H groups in total. The van der Waals surface area contributed by atoms with E-state index in [0.717, 1.165) is 24.0 Å². The fourth-order valence-corrected chi connectivity index (χ4v) is 1.11. The molecule has 0 saturated heterocycles. The van der Waals surface area contributed by atoms with Crippen LogP contribution in [0, 0.1) is 5.92 Å². The second-order valence-corrected chi connectivity index (χ2v) is 5.08. The summed E-state index contributed by atoms with van der Waals surface area (Å²) in [7, 11) is 8.31. The molecule has 14 heavy (non-hydrogen) atoms. The molecule has 3 nitrogen and oxygen atoms in total. The van der Waals surface area contributed by atoms with Gasteiger partial charge in [-0.1, -0.05) is 13.8 Å². The second kappa shape index (κ2) is 5.35. The van der Waals surface area contributed by atoms with Crippen molar-refractivity contribution in [1.29, 1.82) is 0 Å². The van der Waals surface area contributed by atoms with Gasteiger partial charge in [-0.05, 0) is 6.42 Å². The lowest BCUT2D eigenvalue weighted by atomic mass is 10.1. The Morgan fingerprint density at radius 3 is 2.21 bits per heavy atom. The van der Waals surface area contributed by atoms with E-state index < -0.39 is 0 Å². The molecule has 0 saturated carbocycles. The minimum absolute atomic E-state index is 0.160. The van der Waals surface area contributed by atoms with Crippen molar-refractivity contribution in [3.05, 3.63) is 0 Å². The maximum atomic E-state index is 11.7. The summed E-state index contributed by atoms with van der Waals surface area (Å²) in [5, 5.41) is 0. The van der Waals surface area contributed by atoms with Crippen molar-refractivity contribution < 1.29 is 9.28 Å². The largest absolute Gasteiger partial charge is 0.340 e. The van der Waals surface area contributed by atoms with Crippen LogP contribution in [-0.4, -0.2) is 56.6 Å². The Balaban J connectivity index is 3.97. The van der Waals surface area contributed by atoms with Crippen molar-refractivity contribution in [3.8, 4) is 0 Å². The molecule has 1 atom stereocenters. The maximum Gasteiger partial charge on any atom is 0.225 e. The van der Waals surface area contributed by atoms with Crippen LogP contribution < -0.4 is 0 Å². The fourth-order valence-electron chi connectivity index (χ4n) is 1.11. The molecule has 0 fully saturated rings. The van der Waals surface area contributed by atoms with Gasteiger partial charge < -0.3 is 9.38 Å². The van der Waals surface area contributed by atoms with Crippen LogP contribution in [0.4, 0.5) is 0 Å². The minimum Gasteiger partial charge on any atom is -0.340 e. The Kier molecular flexibility index (Phi) is 5.13. The van der Waals surface area contributed by atoms with Crippen molar-refractivity contribution >= 4 is 5.91 Å². The highest BCUT2D eigenvalue weighted by atomic mass is 16.2. The molecule has 0 bridgehead atoms. The van der Waals surface area contributed by atoms with E-state index in [1.807, 2.05) is 18.9 Å². The van der Waals surface area contributed by atoms with Crippen LogP contribution in [0.5, 0.6) is 0 Å². The molecule has 0 aliphatic rings. The monoisotopic (exact) mass is 201 g/mol. The molecule has 0 aromatic heterocycles. The first-order valence-electron chi connectivity index (χ1n) is 5.33. The van der Waals surface area contributed by atoms with Crippen molar-refractivity contribution in [1.82, 2.24) is 4.90 Å². The summed E-state index contributed by atoms with van der Waals surface area (Å²) in [4.78, 5) is 13.6. The lowest BCUT2D eigenvalue weighted by Gasteiger charge is -2.28. The molecular weight excluding hydrogens is 176 g/mol. The van der Waals surface area contributed by atoms with E-state index >= 15 is 0 Å². The lowest BCUT2D eigenvalue weighted by Crippen LogP contribution is -2.43. The molecule has 0 spiro atoms. The number of carbonyl (C=O) groups excluding carboxylic acids is 1. The number of hydrogen-bond donors (Lipinski definition) is 0. The zero-order valence-corrected chi connectivity index (χ0v) is 10.5. The van der Waals surface area contributed by atoms with Crippen LogP contribution in [0.2, 0.25) is 0 Å². The van der Waals surface area contributed by atoms with Crippen molar-refractivity contribution in [2.75, 3.05) is 41.3 Å². The van der Waals surface area contributed by atoms with Crippen LogP contribution in [0.1, 0.15) is 20.3 Å². The molecule has 3 heteroatoms. The lowest BCUT2D eigenvalue weighted by molar-refractivity contribution is -0.869. The van der Waals surface area contributed by atoms with E-state index in [-0.39, 0.29) is 11.8 Å². The molecule has 0 aliphatic heterocycles. The summed E-state index contributed by atoms with van der Waals surface area (Å²) in [5.41, 5.74) is 0. The highest BCUT2D eigenvalue weighted by Crippen LogP contribution is 2.05. The van der Waals surface area contributed by atoms with Gasteiger partial charge in [0.15, 0.2) is 0 Å². The number of likely N-dealkylation sites (N-methyl/N-ethyl adjacent to an activating group) is 2. The van der Waals surface area contributed by atoms with Gasteiger partial charge in [-0.25, -0.2) is 0 Å². The predicted molar refractivity (Wildman–Crippen MR) is 60.0 cm³/mol. The van der Waals surface area contributed by atoms with Gasteiger partial charge in [0.05, 0.1) is 34.2 Å². The number of rotatable bonds is 5. The van der Waals surface area contributed by atoms with E-state index in [1.54, 1.807) is 0 Å². The van der Waals surface area contributed by atoms with E-state index in [2.05, 4.69) is 28.1 Å². The van der Waals surface area contributed by atoms with Gasteiger partial charge in [0.25, 0.3) is 0 Å². The second-order valence-electron chi connectivity index (χ2n) is 5.08. The standard InChI is InChI=1S/C11H25N2O/c1-7-10(2)11(14)12(3)8-9-13(4,5)6/h10H,7-9H2,1-6H3/q+1. The molecule has 0 aliphatic carbocycles. The normalized spacial score (nSPS) is 13.9. The van der Waals surface area contributed by atoms with Crippen LogP contribution in [-0.2, 0) is 4.79 Å². The van der Waals surface area contributed by atoms with Crippen LogP contribution >= 0.6 is 0 Å². The average molecular weight is 201 g/mol. The Morgan fingerprint density at radius 2 is 1.86 bits per heavy atom. The van der Waals surface area contributed by atoms with Crippen LogP contribution in [0.15, 0.2) is 0 Å². The van der Waals surface area contributed by atoms with E-state index in [4.69, 9.17) is 0 Å².